The van der Waals surface area contributed by atoms with Gasteiger partial charge in [0.1, 0.15) is 0 Å². The summed E-state index contributed by atoms with van der Waals surface area (Å²) in [5.74, 6) is 0.548. The van der Waals surface area contributed by atoms with E-state index in [1.165, 1.54) is 7.11 Å². The van der Waals surface area contributed by atoms with Crippen LogP contribution in [0.5, 0.6) is 0 Å². The molecular formula is C11H20O3S. The Hall–Kier alpha value is -0.480. The van der Waals surface area contributed by atoms with E-state index in [2.05, 4.69) is 11.7 Å². The van der Waals surface area contributed by atoms with E-state index in [1.807, 2.05) is 13.0 Å². The fourth-order valence-electron chi connectivity index (χ4n) is 1.08. The first-order valence-electron chi connectivity index (χ1n) is 5.15. The summed E-state index contributed by atoms with van der Waals surface area (Å²) >= 11 is 1.73. The van der Waals surface area contributed by atoms with Gasteiger partial charge in [-0.2, -0.15) is 11.8 Å². The molecule has 3 nitrogen and oxygen atoms in total. The monoisotopic (exact) mass is 232 g/mol. The van der Waals surface area contributed by atoms with Crippen LogP contribution in [0.15, 0.2) is 11.6 Å². The fourth-order valence-corrected chi connectivity index (χ4v) is 1.98. The van der Waals surface area contributed by atoms with Gasteiger partial charge in [-0.3, -0.25) is 0 Å². The molecule has 0 saturated carbocycles. The maximum atomic E-state index is 11.2. The van der Waals surface area contributed by atoms with Crippen LogP contribution in [0.4, 0.5) is 0 Å². The highest BCUT2D eigenvalue weighted by atomic mass is 32.2. The van der Waals surface area contributed by atoms with Crippen molar-refractivity contribution in [2.24, 2.45) is 0 Å². The molecule has 4 heteroatoms. The Bertz CT molecular complexity index is 214. The largest absolute Gasteiger partial charge is 0.466 e. The molecule has 0 rings (SSSR count). The lowest BCUT2D eigenvalue weighted by molar-refractivity contribution is -0.136. The molecule has 0 aliphatic rings. The van der Waals surface area contributed by atoms with Gasteiger partial charge in [0.15, 0.2) is 0 Å². The lowest BCUT2D eigenvalue weighted by atomic mass is 10.2. The molecule has 0 radical (unpaired) electrons. The molecule has 0 aliphatic carbocycles. The van der Waals surface area contributed by atoms with Gasteiger partial charge in [-0.05, 0) is 12.8 Å². The number of aliphatic hydroxyl groups is 1. The maximum Gasteiger partial charge on any atom is 0.333 e. The number of hydrogen-bond donors (Lipinski definition) is 1. The highest BCUT2D eigenvalue weighted by molar-refractivity contribution is 8.00. The first kappa shape index (κ1) is 14.5. The van der Waals surface area contributed by atoms with E-state index in [4.69, 9.17) is 5.11 Å². The molecule has 0 bridgehead atoms. The molecule has 0 heterocycles. The standard InChI is InChI=1S/C11H20O3S/c1-4-10(11(13)14-3)6-8-15-9(2)5-7-12/h6,9,12H,4-5,7-8H2,1-3H3. The van der Waals surface area contributed by atoms with Crippen LogP contribution in [0.1, 0.15) is 26.7 Å². The van der Waals surface area contributed by atoms with Crippen LogP contribution in [0.25, 0.3) is 0 Å². The van der Waals surface area contributed by atoms with Gasteiger partial charge in [-0.25, -0.2) is 4.79 Å². The number of aliphatic hydroxyl groups excluding tert-OH is 1. The number of methoxy groups -OCH3 is 1. The molecule has 0 aromatic rings. The Morgan fingerprint density at radius 2 is 2.27 bits per heavy atom. The van der Waals surface area contributed by atoms with Crippen LogP contribution >= 0.6 is 11.8 Å². The van der Waals surface area contributed by atoms with Gasteiger partial charge >= 0.3 is 5.97 Å². The minimum atomic E-state index is -0.243. The zero-order valence-electron chi connectivity index (χ0n) is 9.66. The van der Waals surface area contributed by atoms with Crippen molar-refractivity contribution in [3.05, 3.63) is 11.6 Å². The molecule has 0 spiro atoms. The molecule has 0 fully saturated rings. The Labute approximate surface area is 95.9 Å². The number of carbonyl (C=O) groups is 1. The molecule has 0 saturated heterocycles. The zero-order chi connectivity index (χ0) is 11.7. The Balaban J connectivity index is 3.96. The Morgan fingerprint density at radius 3 is 2.73 bits per heavy atom. The summed E-state index contributed by atoms with van der Waals surface area (Å²) in [5.41, 5.74) is 0.723. The topological polar surface area (TPSA) is 46.5 Å². The smallest absolute Gasteiger partial charge is 0.333 e. The van der Waals surface area contributed by atoms with E-state index in [-0.39, 0.29) is 12.6 Å². The van der Waals surface area contributed by atoms with Gasteiger partial charge in [0.2, 0.25) is 0 Å². The third-order valence-corrected chi connectivity index (χ3v) is 3.24. The second-order valence-electron chi connectivity index (χ2n) is 3.23. The maximum absolute atomic E-state index is 11.2. The third kappa shape index (κ3) is 6.57. The second-order valence-corrected chi connectivity index (χ2v) is 4.70. The van der Waals surface area contributed by atoms with Crippen molar-refractivity contribution >= 4 is 17.7 Å². The van der Waals surface area contributed by atoms with E-state index in [0.29, 0.717) is 11.7 Å². The minimum Gasteiger partial charge on any atom is -0.466 e. The average Bonchev–Trinajstić information content (AvgIpc) is 2.24. The van der Waals surface area contributed by atoms with Gasteiger partial charge in [0.05, 0.1) is 7.11 Å². The molecule has 0 aromatic carbocycles. The van der Waals surface area contributed by atoms with Gasteiger partial charge in [-0.1, -0.05) is 19.9 Å². The molecule has 88 valence electrons. The molecule has 0 aromatic heterocycles. The highest BCUT2D eigenvalue weighted by Gasteiger charge is 2.06. The lowest BCUT2D eigenvalue weighted by Crippen LogP contribution is -2.05. The third-order valence-electron chi connectivity index (χ3n) is 2.07. The number of rotatable bonds is 7. The van der Waals surface area contributed by atoms with Crippen molar-refractivity contribution in [2.45, 2.75) is 31.9 Å². The van der Waals surface area contributed by atoms with Crippen LogP contribution in [0.2, 0.25) is 0 Å². The summed E-state index contributed by atoms with van der Waals surface area (Å²) < 4.78 is 4.65. The van der Waals surface area contributed by atoms with Crippen LogP contribution in [0, 0.1) is 0 Å². The van der Waals surface area contributed by atoms with E-state index in [1.54, 1.807) is 11.8 Å². The number of ether oxygens (including phenoxy) is 1. The summed E-state index contributed by atoms with van der Waals surface area (Å²) in [6, 6.07) is 0. The summed E-state index contributed by atoms with van der Waals surface area (Å²) in [5, 5.41) is 9.13. The molecule has 1 unspecified atom stereocenters. The molecular weight excluding hydrogens is 212 g/mol. The van der Waals surface area contributed by atoms with E-state index in [9.17, 15) is 4.79 Å². The number of esters is 1. The minimum absolute atomic E-state index is 0.218. The highest BCUT2D eigenvalue weighted by Crippen LogP contribution is 2.15. The predicted molar refractivity (Wildman–Crippen MR) is 64.0 cm³/mol. The van der Waals surface area contributed by atoms with Crippen LogP contribution in [-0.4, -0.2) is 35.8 Å². The molecule has 0 amide bonds. The number of hydrogen-bond acceptors (Lipinski definition) is 4. The second kappa shape index (κ2) is 8.80. The molecule has 1 N–H and O–H groups in total. The van der Waals surface area contributed by atoms with Crippen molar-refractivity contribution in [2.75, 3.05) is 19.5 Å². The average molecular weight is 232 g/mol. The SMILES string of the molecule is CCC(=CCSC(C)CCO)C(=O)OC. The van der Waals surface area contributed by atoms with Crippen LogP contribution in [0.3, 0.4) is 0 Å². The predicted octanol–water partition coefficient (Wildman–Crippen LogP) is 2.00. The van der Waals surface area contributed by atoms with Crippen LogP contribution < -0.4 is 0 Å². The Morgan fingerprint density at radius 1 is 1.60 bits per heavy atom. The van der Waals surface area contributed by atoms with E-state index >= 15 is 0 Å². The summed E-state index contributed by atoms with van der Waals surface area (Å²) in [4.78, 5) is 11.2. The molecule has 1 atom stereocenters. The van der Waals surface area contributed by atoms with Crippen molar-refractivity contribution in [1.29, 1.82) is 0 Å². The van der Waals surface area contributed by atoms with Crippen molar-refractivity contribution in [1.82, 2.24) is 0 Å². The molecule has 15 heavy (non-hydrogen) atoms. The number of carbonyl (C=O) groups excluding carboxylic acids is 1. The zero-order valence-corrected chi connectivity index (χ0v) is 10.5. The fraction of sp³-hybridized carbons (Fsp3) is 0.727. The quantitative estimate of drug-likeness (QED) is 0.539. The summed E-state index contributed by atoms with van der Waals surface area (Å²) in [6.07, 6.45) is 3.39. The first-order chi connectivity index (χ1) is 7.15. The summed E-state index contributed by atoms with van der Waals surface area (Å²) in [6.45, 7) is 4.22. The van der Waals surface area contributed by atoms with Gasteiger partial charge < -0.3 is 9.84 Å². The molecule has 0 aliphatic heterocycles. The van der Waals surface area contributed by atoms with Gasteiger partial charge in [0.25, 0.3) is 0 Å². The van der Waals surface area contributed by atoms with Gasteiger partial charge in [0, 0.05) is 23.2 Å². The first-order valence-corrected chi connectivity index (χ1v) is 6.20. The van der Waals surface area contributed by atoms with E-state index < -0.39 is 0 Å². The van der Waals surface area contributed by atoms with Crippen molar-refractivity contribution < 1.29 is 14.6 Å². The number of thioether (sulfide) groups is 1. The van der Waals surface area contributed by atoms with Crippen LogP contribution in [-0.2, 0) is 9.53 Å². The van der Waals surface area contributed by atoms with Crippen molar-refractivity contribution in [3.8, 4) is 0 Å². The lowest BCUT2D eigenvalue weighted by Gasteiger charge is -2.07. The normalized spacial score (nSPS) is 13.7. The summed E-state index contributed by atoms with van der Waals surface area (Å²) in [7, 11) is 1.40. The van der Waals surface area contributed by atoms with Gasteiger partial charge in [-0.15, -0.1) is 0 Å². The van der Waals surface area contributed by atoms with Crippen molar-refractivity contribution in [3.63, 3.8) is 0 Å². The van der Waals surface area contributed by atoms with E-state index in [0.717, 1.165) is 17.7 Å². The Kier molecular flexibility index (Phi) is 8.52.